The van der Waals surface area contributed by atoms with Gasteiger partial charge in [0, 0.05) is 30.1 Å². The van der Waals surface area contributed by atoms with E-state index in [1.807, 2.05) is 12.1 Å². The van der Waals surface area contributed by atoms with Crippen molar-refractivity contribution in [3.8, 4) is 22.4 Å². The molecule has 0 aliphatic rings. The van der Waals surface area contributed by atoms with Crippen LogP contribution in [0.25, 0.3) is 22.4 Å². The Kier molecular flexibility index (Phi) is 5.17. The molecule has 21 heavy (non-hydrogen) atoms. The van der Waals surface area contributed by atoms with Gasteiger partial charge in [0.25, 0.3) is 0 Å². The molecule has 0 radical (unpaired) electrons. The highest BCUT2D eigenvalue weighted by Gasteiger charge is 2.09. The molecule has 5 heteroatoms. The van der Waals surface area contributed by atoms with Gasteiger partial charge >= 0.3 is 0 Å². The number of hydrogen-bond donors (Lipinski definition) is 2. The Bertz CT molecular complexity index is 666. The molecule has 0 aliphatic heterocycles. The normalized spacial score (nSPS) is 9.86. The third-order valence-corrected chi connectivity index (χ3v) is 2.76. The molecule has 3 rings (SSSR count). The number of halogens is 1. The van der Waals surface area contributed by atoms with Crippen molar-refractivity contribution in [1.29, 1.82) is 0 Å². The van der Waals surface area contributed by atoms with Crippen molar-refractivity contribution in [1.82, 2.24) is 15.2 Å². The second-order valence-corrected chi connectivity index (χ2v) is 4.22. The summed E-state index contributed by atoms with van der Waals surface area (Å²) in [4.78, 5) is 3.99. The number of nitrogens with one attached hydrogen (secondary N) is 1. The maximum Gasteiger partial charge on any atom is 0.123 e. The minimum atomic E-state index is -0.247. The SMILES string of the molecule is CCO.Fc1ccc(-c2[nH]ncc2-c2ccncc2)cc1. The summed E-state index contributed by atoms with van der Waals surface area (Å²) >= 11 is 0. The van der Waals surface area contributed by atoms with E-state index in [-0.39, 0.29) is 12.4 Å². The van der Waals surface area contributed by atoms with Gasteiger partial charge < -0.3 is 5.11 Å². The molecule has 108 valence electrons. The summed E-state index contributed by atoms with van der Waals surface area (Å²) < 4.78 is 12.9. The number of benzene rings is 1. The van der Waals surface area contributed by atoms with Crippen LogP contribution in [0.3, 0.4) is 0 Å². The maximum absolute atomic E-state index is 12.9. The van der Waals surface area contributed by atoms with Gasteiger partial charge in [-0.05, 0) is 48.9 Å². The molecule has 0 atom stereocenters. The van der Waals surface area contributed by atoms with E-state index in [9.17, 15) is 4.39 Å². The highest BCUT2D eigenvalue weighted by molar-refractivity contribution is 5.79. The number of aromatic nitrogens is 3. The van der Waals surface area contributed by atoms with E-state index in [0.29, 0.717) is 0 Å². The predicted octanol–water partition coefficient (Wildman–Crippen LogP) is 3.28. The van der Waals surface area contributed by atoms with Crippen molar-refractivity contribution in [3.63, 3.8) is 0 Å². The van der Waals surface area contributed by atoms with Gasteiger partial charge in [0.2, 0.25) is 0 Å². The molecule has 3 aromatic rings. The molecular formula is C16H16FN3O. The lowest BCUT2D eigenvalue weighted by Gasteiger charge is -2.03. The van der Waals surface area contributed by atoms with Gasteiger partial charge in [0.15, 0.2) is 0 Å². The first kappa shape index (κ1) is 14.9. The molecule has 0 aliphatic carbocycles. The Morgan fingerprint density at radius 2 is 1.67 bits per heavy atom. The molecule has 2 heterocycles. The van der Waals surface area contributed by atoms with Crippen LogP contribution in [0.15, 0.2) is 55.0 Å². The van der Waals surface area contributed by atoms with E-state index >= 15 is 0 Å². The standard InChI is InChI=1S/C14H10FN3.C2H6O/c15-12-3-1-11(2-4-12)14-13(9-17-18-14)10-5-7-16-8-6-10;1-2-3/h1-9H,(H,17,18);3H,2H2,1H3. The number of H-pyrrole nitrogens is 1. The molecule has 2 aromatic heterocycles. The monoisotopic (exact) mass is 285 g/mol. The molecule has 0 saturated heterocycles. The molecule has 0 fully saturated rings. The third-order valence-electron chi connectivity index (χ3n) is 2.76. The fourth-order valence-corrected chi connectivity index (χ4v) is 1.87. The average molecular weight is 285 g/mol. The van der Waals surface area contributed by atoms with Gasteiger partial charge in [0.1, 0.15) is 5.82 Å². The predicted molar refractivity (Wildman–Crippen MR) is 80.0 cm³/mol. The van der Waals surface area contributed by atoms with E-state index in [2.05, 4.69) is 15.2 Å². The minimum Gasteiger partial charge on any atom is -0.397 e. The number of hydrogen-bond acceptors (Lipinski definition) is 3. The first-order valence-electron chi connectivity index (χ1n) is 6.56. The Morgan fingerprint density at radius 1 is 1.05 bits per heavy atom. The molecule has 0 amide bonds. The Labute approximate surface area is 122 Å². The fourth-order valence-electron chi connectivity index (χ4n) is 1.87. The number of pyridine rings is 1. The molecule has 0 saturated carbocycles. The summed E-state index contributed by atoms with van der Waals surface area (Å²) in [5, 5.41) is 14.6. The van der Waals surface area contributed by atoms with E-state index in [1.165, 1.54) is 12.1 Å². The van der Waals surface area contributed by atoms with E-state index < -0.39 is 0 Å². The number of nitrogens with zero attached hydrogens (tertiary/aromatic N) is 2. The lowest BCUT2D eigenvalue weighted by atomic mass is 10.0. The first-order chi connectivity index (χ1) is 10.3. The zero-order valence-electron chi connectivity index (χ0n) is 11.6. The van der Waals surface area contributed by atoms with Crippen LogP contribution in [0.1, 0.15) is 6.92 Å². The van der Waals surface area contributed by atoms with Crippen LogP contribution in [-0.4, -0.2) is 26.9 Å². The van der Waals surface area contributed by atoms with Gasteiger partial charge in [0.05, 0.1) is 11.9 Å². The first-order valence-corrected chi connectivity index (χ1v) is 6.56. The highest BCUT2D eigenvalue weighted by atomic mass is 19.1. The number of aliphatic hydroxyl groups is 1. The van der Waals surface area contributed by atoms with Gasteiger partial charge in [-0.2, -0.15) is 5.10 Å². The van der Waals surface area contributed by atoms with Crippen molar-refractivity contribution in [2.45, 2.75) is 6.92 Å². The highest BCUT2D eigenvalue weighted by Crippen LogP contribution is 2.29. The summed E-state index contributed by atoms with van der Waals surface area (Å²) in [5.74, 6) is -0.247. The summed E-state index contributed by atoms with van der Waals surface area (Å²) in [6, 6.07) is 10.2. The molecule has 0 spiro atoms. The topological polar surface area (TPSA) is 61.8 Å². The zero-order valence-corrected chi connectivity index (χ0v) is 11.6. The molecule has 0 bridgehead atoms. The van der Waals surface area contributed by atoms with Crippen LogP contribution >= 0.6 is 0 Å². The summed E-state index contributed by atoms with van der Waals surface area (Å²) in [6.07, 6.45) is 5.22. The van der Waals surface area contributed by atoms with Gasteiger partial charge in [-0.15, -0.1) is 0 Å². The van der Waals surface area contributed by atoms with Crippen LogP contribution in [0.2, 0.25) is 0 Å². The largest absolute Gasteiger partial charge is 0.397 e. The molecule has 1 aromatic carbocycles. The lowest BCUT2D eigenvalue weighted by Crippen LogP contribution is -1.83. The summed E-state index contributed by atoms with van der Waals surface area (Å²) in [7, 11) is 0. The van der Waals surface area contributed by atoms with Gasteiger partial charge in [-0.3, -0.25) is 10.1 Å². The van der Waals surface area contributed by atoms with Crippen LogP contribution in [0, 0.1) is 5.82 Å². The Balaban J connectivity index is 0.000000497. The van der Waals surface area contributed by atoms with E-state index in [4.69, 9.17) is 5.11 Å². The van der Waals surface area contributed by atoms with Crippen molar-refractivity contribution in [3.05, 3.63) is 60.8 Å². The quantitative estimate of drug-likeness (QED) is 0.759. The molecule has 2 N–H and O–H groups in total. The summed E-state index contributed by atoms with van der Waals surface area (Å²) in [6.45, 7) is 1.93. The number of rotatable bonds is 2. The van der Waals surface area contributed by atoms with Crippen LogP contribution in [0.4, 0.5) is 4.39 Å². The van der Waals surface area contributed by atoms with Crippen molar-refractivity contribution >= 4 is 0 Å². The fraction of sp³-hybridized carbons (Fsp3) is 0.125. The van der Waals surface area contributed by atoms with E-state index in [1.54, 1.807) is 37.6 Å². The molecule has 4 nitrogen and oxygen atoms in total. The minimum absolute atomic E-state index is 0.247. The number of aromatic amines is 1. The van der Waals surface area contributed by atoms with Crippen molar-refractivity contribution in [2.24, 2.45) is 0 Å². The lowest BCUT2D eigenvalue weighted by molar-refractivity contribution is 0.318. The second kappa shape index (κ2) is 7.31. The summed E-state index contributed by atoms with van der Waals surface area (Å²) in [5.41, 5.74) is 3.78. The Hall–Kier alpha value is -2.53. The molecular weight excluding hydrogens is 269 g/mol. The van der Waals surface area contributed by atoms with E-state index in [0.717, 1.165) is 22.4 Å². The van der Waals surface area contributed by atoms with Crippen LogP contribution in [0.5, 0.6) is 0 Å². The van der Waals surface area contributed by atoms with Crippen LogP contribution in [-0.2, 0) is 0 Å². The second-order valence-electron chi connectivity index (χ2n) is 4.22. The smallest absolute Gasteiger partial charge is 0.123 e. The van der Waals surface area contributed by atoms with Crippen molar-refractivity contribution in [2.75, 3.05) is 6.61 Å². The van der Waals surface area contributed by atoms with Crippen LogP contribution < -0.4 is 0 Å². The average Bonchev–Trinajstić information content (AvgIpc) is 2.99. The number of aliphatic hydroxyl groups excluding tert-OH is 1. The maximum atomic E-state index is 12.9. The zero-order chi connectivity index (χ0) is 15.1. The Morgan fingerprint density at radius 3 is 2.29 bits per heavy atom. The molecule has 0 unspecified atom stereocenters. The van der Waals surface area contributed by atoms with Gasteiger partial charge in [-0.1, -0.05) is 0 Å². The third kappa shape index (κ3) is 3.73. The van der Waals surface area contributed by atoms with Crippen molar-refractivity contribution < 1.29 is 9.50 Å². The van der Waals surface area contributed by atoms with Gasteiger partial charge in [-0.25, -0.2) is 4.39 Å².